The van der Waals surface area contributed by atoms with Gasteiger partial charge < -0.3 is 14.8 Å². The molecule has 1 amide bonds. The van der Waals surface area contributed by atoms with Gasteiger partial charge in [0.2, 0.25) is 0 Å². The number of H-pyrrole nitrogens is 1. The van der Waals surface area contributed by atoms with E-state index in [-0.39, 0.29) is 11.5 Å². The van der Waals surface area contributed by atoms with Crippen LogP contribution in [0.1, 0.15) is 16.8 Å². The Balaban J connectivity index is 1.84. The average molecular weight is 324 g/mol. The van der Waals surface area contributed by atoms with Crippen LogP contribution in [0.3, 0.4) is 0 Å². The van der Waals surface area contributed by atoms with Crippen molar-refractivity contribution in [1.82, 2.24) is 9.97 Å². The highest BCUT2D eigenvalue weighted by Gasteiger charge is 2.26. The number of aromatic amines is 1. The zero-order valence-electron chi connectivity index (χ0n) is 13.3. The van der Waals surface area contributed by atoms with E-state index in [0.717, 1.165) is 24.3 Å². The number of benzene rings is 2. The van der Waals surface area contributed by atoms with Crippen molar-refractivity contribution in [2.75, 3.05) is 29.9 Å². The summed E-state index contributed by atoms with van der Waals surface area (Å²) in [6, 6.07) is 10.4. The van der Waals surface area contributed by atoms with E-state index in [4.69, 9.17) is 0 Å². The predicted octanol–water partition coefficient (Wildman–Crippen LogP) is 3.19. The second-order valence-corrected chi connectivity index (χ2v) is 5.97. The zero-order valence-corrected chi connectivity index (χ0v) is 13.3. The van der Waals surface area contributed by atoms with E-state index in [1.165, 1.54) is 18.5 Å². The summed E-state index contributed by atoms with van der Waals surface area (Å²) in [5, 5.41) is 0. The van der Waals surface area contributed by atoms with Gasteiger partial charge in [-0.05, 0) is 30.7 Å². The van der Waals surface area contributed by atoms with E-state index in [1.807, 2.05) is 31.3 Å². The molecule has 0 saturated carbocycles. The van der Waals surface area contributed by atoms with Crippen molar-refractivity contribution in [3.8, 4) is 0 Å². The SMILES string of the molecule is CN1CCCN(C(=O)c2cc(F)cc3[nH]cnc23)c2ccccc21. The lowest BCUT2D eigenvalue weighted by atomic mass is 10.1. The lowest BCUT2D eigenvalue weighted by molar-refractivity contribution is 0.0988. The van der Waals surface area contributed by atoms with E-state index >= 15 is 0 Å². The molecule has 0 saturated heterocycles. The third-order valence-corrected chi connectivity index (χ3v) is 4.42. The van der Waals surface area contributed by atoms with Gasteiger partial charge in [0.25, 0.3) is 5.91 Å². The number of fused-ring (bicyclic) bond motifs is 2. The molecule has 0 radical (unpaired) electrons. The molecule has 1 N–H and O–H groups in total. The van der Waals surface area contributed by atoms with Crippen molar-refractivity contribution in [3.63, 3.8) is 0 Å². The number of halogens is 1. The first-order valence-electron chi connectivity index (χ1n) is 7.90. The third-order valence-electron chi connectivity index (χ3n) is 4.42. The number of hydrogen-bond acceptors (Lipinski definition) is 3. The number of hydrogen-bond donors (Lipinski definition) is 1. The third kappa shape index (κ3) is 2.31. The van der Waals surface area contributed by atoms with Crippen LogP contribution < -0.4 is 9.80 Å². The molecule has 1 aliphatic heterocycles. The number of imidazole rings is 1. The van der Waals surface area contributed by atoms with Gasteiger partial charge in [-0.25, -0.2) is 9.37 Å². The highest BCUT2D eigenvalue weighted by atomic mass is 19.1. The molecule has 24 heavy (non-hydrogen) atoms. The van der Waals surface area contributed by atoms with Crippen molar-refractivity contribution in [2.24, 2.45) is 0 Å². The van der Waals surface area contributed by atoms with E-state index in [1.54, 1.807) is 4.90 Å². The smallest absolute Gasteiger partial charge is 0.260 e. The van der Waals surface area contributed by atoms with Crippen LogP contribution in [0.25, 0.3) is 11.0 Å². The molecule has 0 atom stereocenters. The molecular weight excluding hydrogens is 307 g/mol. The second kappa shape index (κ2) is 5.63. The molecule has 122 valence electrons. The fourth-order valence-corrected chi connectivity index (χ4v) is 3.26. The molecule has 0 unspecified atom stereocenters. The van der Waals surface area contributed by atoms with Crippen LogP contribution in [-0.2, 0) is 0 Å². The van der Waals surface area contributed by atoms with Gasteiger partial charge in [-0.15, -0.1) is 0 Å². The van der Waals surface area contributed by atoms with Gasteiger partial charge in [-0.1, -0.05) is 12.1 Å². The minimum absolute atomic E-state index is 0.227. The summed E-state index contributed by atoms with van der Waals surface area (Å²) in [5.74, 6) is -0.676. The topological polar surface area (TPSA) is 52.2 Å². The molecule has 5 nitrogen and oxygen atoms in total. The van der Waals surface area contributed by atoms with Gasteiger partial charge >= 0.3 is 0 Å². The van der Waals surface area contributed by atoms with Crippen LogP contribution in [0.4, 0.5) is 15.8 Å². The molecule has 0 aliphatic carbocycles. The van der Waals surface area contributed by atoms with Gasteiger partial charge in [0.1, 0.15) is 11.3 Å². The quantitative estimate of drug-likeness (QED) is 0.748. The number of carbonyl (C=O) groups excluding carboxylic acids is 1. The summed E-state index contributed by atoms with van der Waals surface area (Å²) in [6.07, 6.45) is 2.32. The molecule has 1 aromatic heterocycles. The van der Waals surface area contributed by atoms with Crippen LogP contribution in [0.15, 0.2) is 42.7 Å². The fraction of sp³-hybridized carbons (Fsp3) is 0.222. The second-order valence-electron chi connectivity index (χ2n) is 5.97. The highest BCUT2D eigenvalue weighted by Crippen LogP contribution is 2.33. The Morgan fingerprint density at radius 2 is 2.00 bits per heavy atom. The molecule has 2 aromatic carbocycles. The maximum Gasteiger partial charge on any atom is 0.260 e. The number of anilines is 2. The Morgan fingerprint density at radius 3 is 2.83 bits per heavy atom. The summed E-state index contributed by atoms with van der Waals surface area (Å²) in [4.78, 5) is 24.1. The zero-order chi connectivity index (χ0) is 16.7. The molecule has 0 spiro atoms. The number of para-hydroxylation sites is 2. The van der Waals surface area contributed by atoms with E-state index < -0.39 is 5.82 Å². The van der Waals surface area contributed by atoms with Crippen LogP contribution >= 0.6 is 0 Å². The molecule has 4 rings (SSSR count). The molecule has 1 aliphatic rings. The molecular formula is C18H17FN4O. The molecule has 0 bridgehead atoms. The summed E-state index contributed by atoms with van der Waals surface area (Å²) in [5.41, 5.74) is 3.15. The van der Waals surface area contributed by atoms with Crippen molar-refractivity contribution in [2.45, 2.75) is 6.42 Å². The van der Waals surface area contributed by atoms with Crippen LogP contribution in [0.2, 0.25) is 0 Å². The number of carbonyl (C=O) groups is 1. The number of amides is 1. The largest absolute Gasteiger partial charge is 0.373 e. The Kier molecular flexibility index (Phi) is 3.45. The van der Waals surface area contributed by atoms with Gasteiger partial charge in [0, 0.05) is 20.1 Å². The Morgan fingerprint density at radius 1 is 1.21 bits per heavy atom. The summed E-state index contributed by atoms with van der Waals surface area (Å²) < 4.78 is 13.9. The molecule has 3 aromatic rings. The standard InChI is InChI=1S/C18H17FN4O/c1-22-7-4-8-23(16-6-3-2-5-15(16)22)18(24)13-9-12(19)10-14-17(13)21-11-20-14/h2-3,5-6,9-11H,4,7-8H2,1H3,(H,20,21). The van der Waals surface area contributed by atoms with Gasteiger partial charge in [-0.2, -0.15) is 0 Å². The summed E-state index contributed by atoms with van der Waals surface area (Å²) in [6.45, 7) is 1.45. The highest BCUT2D eigenvalue weighted by molar-refractivity contribution is 6.13. The maximum atomic E-state index is 13.9. The van der Waals surface area contributed by atoms with Gasteiger partial charge in [-0.3, -0.25) is 4.79 Å². The lowest BCUT2D eigenvalue weighted by Gasteiger charge is -2.24. The minimum Gasteiger partial charge on any atom is -0.373 e. The fourth-order valence-electron chi connectivity index (χ4n) is 3.26. The van der Waals surface area contributed by atoms with E-state index in [0.29, 0.717) is 17.6 Å². The number of rotatable bonds is 1. The lowest BCUT2D eigenvalue weighted by Crippen LogP contribution is -2.31. The normalized spacial score (nSPS) is 14.6. The van der Waals surface area contributed by atoms with Crippen molar-refractivity contribution in [1.29, 1.82) is 0 Å². The van der Waals surface area contributed by atoms with Gasteiger partial charge in [0.15, 0.2) is 0 Å². The monoisotopic (exact) mass is 324 g/mol. The minimum atomic E-state index is -0.449. The van der Waals surface area contributed by atoms with Crippen molar-refractivity contribution >= 4 is 28.3 Å². The molecule has 2 heterocycles. The predicted molar refractivity (Wildman–Crippen MR) is 92.1 cm³/mol. The van der Waals surface area contributed by atoms with Crippen LogP contribution in [-0.4, -0.2) is 36.0 Å². The van der Waals surface area contributed by atoms with Crippen LogP contribution in [0.5, 0.6) is 0 Å². The Hall–Kier alpha value is -2.89. The van der Waals surface area contributed by atoms with E-state index in [2.05, 4.69) is 14.9 Å². The summed E-state index contributed by atoms with van der Waals surface area (Å²) in [7, 11) is 2.01. The maximum absolute atomic E-state index is 13.9. The molecule has 0 fully saturated rings. The first-order valence-corrected chi connectivity index (χ1v) is 7.90. The van der Waals surface area contributed by atoms with Gasteiger partial charge in [0.05, 0.1) is 28.8 Å². The molecule has 6 heteroatoms. The first-order chi connectivity index (χ1) is 11.6. The number of nitrogens with zero attached hydrogens (tertiary/aromatic N) is 3. The average Bonchev–Trinajstić information content (AvgIpc) is 2.98. The van der Waals surface area contributed by atoms with Crippen molar-refractivity contribution < 1.29 is 9.18 Å². The number of aromatic nitrogens is 2. The van der Waals surface area contributed by atoms with Crippen LogP contribution in [0, 0.1) is 5.82 Å². The van der Waals surface area contributed by atoms with E-state index in [9.17, 15) is 9.18 Å². The Labute approximate surface area is 138 Å². The Bertz CT molecular complexity index is 920. The van der Waals surface area contributed by atoms with Crippen molar-refractivity contribution in [3.05, 3.63) is 54.1 Å². The first kappa shape index (κ1) is 14.7. The number of nitrogens with one attached hydrogen (secondary N) is 1. The summed E-state index contributed by atoms with van der Waals surface area (Å²) >= 11 is 0.